The lowest BCUT2D eigenvalue weighted by atomic mass is 10.1. The topological polar surface area (TPSA) is 158 Å². The molecule has 6 rings (SSSR count). The fourth-order valence-corrected chi connectivity index (χ4v) is 4.47. The zero-order chi connectivity index (χ0) is 25.1. The van der Waals surface area contributed by atoms with Gasteiger partial charge in [-0.15, -0.1) is 0 Å². The number of hydrogen-bond acceptors (Lipinski definition) is 12. The summed E-state index contributed by atoms with van der Waals surface area (Å²) < 4.78 is 31.4. The van der Waals surface area contributed by atoms with Crippen LogP contribution in [0.2, 0.25) is 0 Å². The Morgan fingerprint density at radius 1 is 0.611 bits per heavy atom. The van der Waals surface area contributed by atoms with E-state index in [0.29, 0.717) is 0 Å². The van der Waals surface area contributed by atoms with E-state index in [1.165, 1.54) is 36.4 Å². The molecule has 0 N–H and O–H groups in total. The number of carbonyl (C=O) groups excluding carboxylic acids is 6. The van der Waals surface area contributed by atoms with Gasteiger partial charge in [0.2, 0.25) is 0 Å². The Balaban J connectivity index is 1.10. The molecule has 0 radical (unpaired) electrons. The van der Waals surface area contributed by atoms with E-state index in [0.717, 1.165) is 0 Å². The van der Waals surface area contributed by atoms with Gasteiger partial charge < -0.3 is 28.4 Å². The molecule has 182 valence electrons. The summed E-state index contributed by atoms with van der Waals surface area (Å²) in [7, 11) is 0. The van der Waals surface area contributed by atoms with Crippen molar-refractivity contribution in [2.45, 2.75) is 24.4 Å². The number of benzene rings is 2. The van der Waals surface area contributed by atoms with Crippen molar-refractivity contribution in [1.82, 2.24) is 0 Å². The molecule has 2 aromatic carbocycles. The van der Waals surface area contributed by atoms with Crippen LogP contribution in [-0.4, -0.2) is 73.4 Å². The smallest absolute Gasteiger partial charge is 0.346 e. The Kier molecular flexibility index (Phi) is 4.95. The Hall–Kier alpha value is -4.42. The molecule has 36 heavy (non-hydrogen) atoms. The van der Waals surface area contributed by atoms with Crippen molar-refractivity contribution in [1.29, 1.82) is 0 Å². The van der Waals surface area contributed by atoms with E-state index in [4.69, 9.17) is 18.9 Å². The number of hydrogen-bond donors (Lipinski definition) is 0. The summed E-state index contributed by atoms with van der Waals surface area (Å²) in [6.45, 7) is -0.0409. The quantitative estimate of drug-likeness (QED) is 0.336. The van der Waals surface area contributed by atoms with Gasteiger partial charge >= 0.3 is 35.8 Å². The molecule has 4 aliphatic heterocycles. The molecule has 0 bridgehead atoms. The SMILES string of the molecule is O=C(O[C@@H]1CO[C@H]2[C@@H]1OC[C@H]2OC(=O)c1ccc2c(c1)C(=O)OC2=O)c1ccc2c(c1)C(=O)OC2=O. The number of rotatable bonds is 4. The minimum Gasteiger partial charge on any atom is -0.453 e. The van der Waals surface area contributed by atoms with Crippen molar-refractivity contribution in [3.8, 4) is 0 Å². The van der Waals surface area contributed by atoms with Gasteiger partial charge in [0.25, 0.3) is 0 Å². The van der Waals surface area contributed by atoms with Gasteiger partial charge in [-0.1, -0.05) is 0 Å². The van der Waals surface area contributed by atoms with Gasteiger partial charge in [-0.2, -0.15) is 0 Å². The van der Waals surface area contributed by atoms with Crippen LogP contribution in [0.15, 0.2) is 36.4 Å². The highest BCUT2D eigenvalue weighted by atomic mass is 16.7. The van der Waals surface area contributed by atoms with E-state index in [1.54, 1.807) is 0 Å². The fraction of sp³-hybridized carbons (Fsp3) is 0.250. The highest BCUT2D eigenvalue weighted by molar-refractivity contribution is 6.16. The molecule has 4 heterocycles. The monoisotopic (exact) mass is 494 g/mol. The molecule has 2 fully saturated rings. The number of cyclic esters (lactones) is 4. The summed E-state index contributed by atoms with van der Waals surface area (Å²) >= 11 is 0. The Morgan fingerprint density at radius 3 is 1.42 bits per heavy atom. The summed E-state index contributed by atoms with van der Waals surface area (Å²) in [5.74, 6) is -4.77. The number of carbonyl (C=O) groups is 6. The average molecular weight is 494 g/mol. The minimum atomic E-state index is -0.843. The second kappa shape index (κ2) is 8.07. The second-order valence-electron chi connectivity index (χ2n) is 8.36. The third-order valence-electron chi connectivity index (χ3n) is 6.24. The van der Waals surface area contributed by atoms with Gasteiger partial charge in [0.05, 0.1) is 46.6 Å². The maximum absolute atomic E-state index is 12.6. The van der Waals surface area contributed by atoms with Crippen LogP contribution in [0.1, 0.15) is 62.1 Å². The predicted molar refractivity (Wildman–Crippen MR) is 110 cm³/mol. The van der Waals surface area contributed by atoms with Crippen molar-refractivity contribution >= 4 is 35.8 Å². The molecule has 2 saturated heterocycles. The van der Waals surface area contributed by atoms with Crippen molar-refractivity contribution in [3.05, 3.63) is 69.8 Å². The van der Waals surface area contributed by atoms with Crippen molar-refractivity contribution in [2.75, 3.05) is 13.2 Å². The van der Waals surface area contributed by atoms with Crippen LogP contribution in [0, 0.1) is 0 Å². The largest absolute Gasteiger partial charge is 0.453 e. The molecule has 0 saturated carbocycles. The first-order valence-corrected chi connectivity index (χ1v) is 10.8. The summed E-state index contributed by atoms with van der Waals surface area (Å²) in [6.07, 6.45) is -3.04. The number of ether oxygens (including phenoxy) is 6. The van der Waals surface area contributed by atoms with E-state index in [-0.39, 0.29) is 46.6 Å². The first kappa shape index (κ1) is 22.1. The fourth-order valence-electron chi connectivity index (χ4n) is 4.47. The van der Waals surface area contributed by atoms with E-state index in [1.807, 2.05) is 0 Å². The first-order chi connectivity index (χ1) is 17.3. The Bertz CT molecular complexity index is 1290. The molecule has 12 nitrogen and oxygen atoms in total. The van der Waals surface area contributed by atoms with Crippen LogP contribution >= 0.6 is 0 Å². The lowest BCUT2D eigenvalue weighted by Gasteiger charge is -2.17. The van der Waals surface area contributed by atoms with Gasteiger partial charge in [0, 0.05) is 0 Å². The van der Waals surface area contributed by atoms with Crippen LogP contribution in [0.3, 0.4) is 0 Å². The van der Waals surface area contributed by atoms with Crippen molar-refractivity contribution in [3.63, 3.8) is 0 Å². The normalized spacial score (nSPS) is 25.7. The van der Waals surface area contributed by atoms with Gasteiger partial charge in [-0.05, 0) is 36.4 Å². The maximum atomic E-state index is 12.6. The third-order valence-corrected chi connectivity index (χ3v) is 6.24. The van der Waals surface area contributed by atoms with E-state index in [2.05, 4.69) is 9.47 Å². The van der Waals surface area contributed by atoms with Gasteiger partial charge in [0.15, 0.2) is 12.2 Å². The minimum absolute atomic E-state index is 0.0204. The second-order valence-corrected chi connectivity index (χ2v) is 8.36. The highest BCUT2D eigenvalue weighted by Gasteiger charge is 2.51. The first-order valence-electron chi connectivity index (χ1n) is 10.8. The molecule has 0 spiro atoms. The lowest BCUT2D eigenvalue weighted by molar-refractivity contribution is -0.0287. The highest BCUT2D eigenvalue weighted by Crippen LogP contribution is 2.32. The molecule has 0 unspecified atom stereocenters. The predicted octanol–water partition coefficient (Wildman–Crippen LogP) is 0.856. The number of fused-ring (bicyclic) bond motifs is 3. The van der Waals surface area contributed by atoms with Gasteiger partial charge in [-0.25, -0.2) is 28.8 Å². The van der Waals surface area contributed by atoms with Crippen molar-refractivity contribution < 1.29 is 57.2 Å². The van der Waals surface area contributed by atoms with Gasteiger partial charge in [0.1, 0.15) is 12.2 Å². The molecular formula is C24H14O12. The Morgan fingerprint density at radius 2 is 1.00 bits per heavy atom. The van der Waals surface area contributed by atoms with Crippen LogP contribution in [0.25, 0.3) is 0 Å². The maximum Gasteiger partial charge on any atom is 0.346 e. The van der Waals surface area contributed by atoms with Crippen LogP contribution < -0.4 is 0 Å². The molecule has 12 heteroatoms. The third kappa shape index (κ3) is 3.46. The van der Waals surface area contributed by atoms with Crippen molar-refractivity contribution in [2.24, 2.45) is 0 Å². The summed E-state index contributed by atoms with van der Waals surface area (Å²) in [4.78, 5) is 71.9. The molecule has 0 aliphatic carbocycles. The zero-order valence-electron chi connectivity index (χ0n) is 18.1. The van der Waals surface area contributed by atoms with E-state index >= 15 is 0 Å². The summed E-state index contributed by atoms with van der Waals surface area (Å²) in [5, 5.41) is 0. The number of esters is 6. The Labute approximate surface area is 200 Å². The molecule has 4 atom stereocenters. The lowest BCUT2D eigenvalue weighted by Crippen LogP contribution is -2.36. The molecule has 0 aromatic heterocycles. The summed E-state index contributed by atoms with van der Waals surface area (Å²) in [5.41, 5.74) is 0.163. The van der Waals surface area contributed by atoms with E-state index < -0.39 is 60.2 Å². The van der Waals surface area contributed by atoms with Crippen LogP contribution in [0.5, 0.6) is 0 Å². The molecule has 0 amide bonds. The molecule has 2 aromatic rings. The van der Waals surface area contributed by atoms with E-state index in [9.17, 15) is 28.8 Å². The van der Waals surface area contributed by atoms with Crippen LogP contribution in [-0.2, 0) is 28.4 Å². The molecular weight excluding hydrogens is 480 g/mol. The standard InChI is InChI=1S/C24H14O12/c25-19(9-1-3-11-13(5-9)23(29)35-21(11)27)33-15-7-31-18-16(8-32-17(15)18)34-20(26)10-2-4-12-14(6-10)24(30)36-22(12)28/h1-6,15-18H,7-8H2/t15-,16-,17-,18-/m1/s1. The van der Waals surface area contributed by atoms with Gasteiger partial charge in [-0.3, -0.25) is 0 Å². The average Bonchev–Trinajstić information content (AvgIpc) is 3.59. The summed E-state index contributed by atoms with van der Waals surface area (Å²) in [6, 6.07) is 7.74. The zero-order valence-corrected chi connectivity index (χ0v) is 18.1. The molecule has 4 aliphatic rings. The van der Waals surface area contributed by atoms with Crippen LogP contribution in [0.4, 0.5) is 0 Å².